The quantitative estimate of drug-likeness (QED) is 0.527. The van der Waals surface area contributed by atoms with E-state index in [9.17, 15) is 0 Å². The van der Waals surface area contributed by atoms with Gasteiger partial charge in [-0.2, -0.15) is 0 Å². The van der Waals surface area contributed by atoms with Gasteiger partial charge in [-0.3, -0.25) is 0 Å². The Bertz CT molecular complexity index is 783. The summed E-state index contributed by atoms with van der Waals surface area (Å²) in [5, 5.41) is 0.526. The van der Waals surface area contributed by atoms with Crippen molar-refractivity contribution in [2.24, 2.45) is 0 Å². The van der Waals surface area contributed by atoms with Crippen molar-refractivity contribution in [2.75, 3.05) is 0 Å². The Balaban J connectivity index is 1.63. The van der Waals surface area contributed by atoms with Gasteiger partial charge in [-0.1, -0.05) is 61.0 Å². The van der Waals surface area contributed by atoms with Crippen LogP contribution in [0.15, 0.2) is 72.8 Å². The molecule has 2 nitrogen and oxygen atoms in total. The van der Waals surface area contributed by atoms with Crippen LogP contribution >= 0.6 is 11.6 Å². The summed E-state index contributed by atoms with van der Waals surface area (Å²) in [6, 6.07) is 23.5. The van der Waals surface area contributed by atoms with Crippen LogP contribution in [0.1, 0.15) is 18.1 Å². The van der Waals surface area contributed by atoms with Gasteiger partial charge < -0.3 is 9.47 Å². The largest absolute Gasteiger partial charge is 0.489 e. The summed E-state index contributed by atoms with van der Waals surface area (Å²) in [6.07, 6.45) is 1.04. The smallest absolute Gasteiger partial charge is 0.146 e. The number of ether oxygens (including phenoxy) is 2. The number of benzene rings is 3. The highest BCUT2D eigenvalue weighted by atomic mass is 35.5. The Morgan fingerprint density at radius 1 is 0.792 bits per heavy atom. The maximum absolute atomic E-state index is 6.30. The molecule has 0 aliphatic carbocycles. The van der Waals surface area contributed by atoms with Gasteiger partial charge in [0.2, 0.25) is 0 Å². The van der Waals surface area contributed by atoms with Crippen molar-refractivity contribution in [1.29, 1.82) is 0 Å². The molecule has 3 rings (SSSR count). The first-order valence-electron chi connectivity index (χ1n) is 7.97. The third-order valence-electron chi connectivity index (χ3n) is 3.71. The number of rotatable bonds is 6. The molecule has 3 aromatic carbocycles. The lowest BCUT2D eigenvalue weighted by molar-refractivity contribution is 0.306. The maximum Gasteiger partial charge on any atom is 0.146 e. The third-order valence-corrected chi connectivity index (χ3v) is 4.01. The third kappa shape index (κ3) is 4.30. The van der Waals surface area contributed by atoms with Crippen molar-refractivity contribution in [3.8, 4) is 17.2 Å². The number of para-hydroxylation sites is 1. The van der Waals surface area contributed by atoms with E-state index in [-0.39, 0.29) is 0 Å². The van der Waals surface area contributed by atoms with Crippen LogP contribution in [0.4, 0.5) is 0 Å². The number of aryl methyl sites for hydroxylation is 1. The van der Waals surface area contributed by atoms with Crippen molar-refractivity contribution >= 4 is 11.6 Å². The van der Waals surface area contributed by atoms with Crippen molar-refractivity contribution in [3.05, 3.63) is 88.9 Å². The Morgan fingerprint density at radius 2 is 1.50 bits per heavy atom. The van der Waals surface area contributed by atoms with Crippen LogP contribution in [0.25, 0.3) is 0 Å². The molecule has 0 atom stereocenters. The second kappa shape index (κ2) is 7.89. The van der Waals surface area contributed by atoms with Gasteiger partial charge in [0, 0.05) is 6.07 Å². The van der Waals surface area contributed by atoms with Gasteiger partial charge in [0.15, 0.2) is 0 Å². The molecule has 0 N–H and O–H groups in total. The number of hydrogen-bond donors (Lipinski definition) is 0. The normalized spacial score (nSPS) is 10.4. The zero-order chi connectivity index (χ0) is 16.8. The van der Waals surface area contributed by atoms with E-state index in [4.69, 9.17) is 21.1 Å². The molecule has 0 bridgehead atoms. The van der Waals surface area contributed by atoms with Gasteiger partial charge in [0.25, 0.3) is 0 Å². The molecule has 3 aromatic rings. The average Bonchev–Trinajstić information content (AvgIpc) is 2.63. The fraction of sp³-hybridized carbons (Fsp3) is 0.143. The van der Waals surface area contributed by atoms with Crippen LogP contribution < -0.4 is 9.47 Å². The van der Waals surface area contributed by atoms with E-state index in [0.29, 0.717) is 17.4 Å². The second-order valence-corrected chi connectivity index (χ2v) is 5.87. The van der Waals surface area contributed by atoms with E-state index in [2.05, 4.69) is 31.2 Å². The molecular formula is C21H19ClO2. The van der Waals surface area contributed by atoms with Crippen LogP contribution in [0.5, 0.6) is 17.2 Å². The van der Waals surface area contributed by atoms with Gasteiger partial charge in [0.05, 0.1) is 5.02 Å². The lowest BCUT2D eigenvalue weighted by Gasteiger charge is -2.11. The first-order valence-corrected chi connectivity index (χ1v) is 8.35. The fourth-order valence-electron chi connectivity index (χ4n) is 2.31. The summed E-state index contributed by atoms with van der Waals surface area (Å²) in [7, 11) is 0. The van der Waals surface area contributed by atoms with Crippen molar-refractivity contribution in [3.63, 3.8) is 0 Å². The zero-order valence-corrected chi connectivity index (χ0v) is 14.3. The average molecular weight is 339 g/mol. The van der Waals surface area contributed by atoms with E-state index in [0.717, 1.165) is 23.5 Å². The van der Waals surface area contributed by atoms with Gasteiger partial charge in [0.1, 0.15) is 23.9 Å². The van der Waals surface area contributed by atoms with Crippen LogP contribution in [0, 0.1) is 0 Å². The Labute approximate surface area is 147 Å². The van der Waals surface area contributed by atoms with E-state index in [1.807, 2.05) is 42.5 Å². The Hall–Kier alpha value is -2.45. The summed E-state index contributed by atoms with van der Waals surface area (Å²) in [5.74, 6) is 2.09. The summed E-state index contributed by atoms with van der Waals surface area (Å²) < 4.78 is 11.6. The molecule has 0 heterocycles. The number of hydrogen-bond acceptors (Lipinski definition) is 2. The molecule has 0 saturated heterocycles. The summed E-state index contributed by atoms with van der Waals surface area (Å²) >= 11 is 6.30. The predicted molar refractivity (Wildman–Crippen MR) is 98.1 cm³/mol. The molecule has 24 heavy (non-hydrogen) atoms. The van der Waals surface area contributed by atoms with Gasteiger partial charge in [-0.15, -0.1) is 0 Å². The highest BCUT2D eigenvalue weighted by molar-refractivity contribution is 6.32. The lowest BCUT2D eigenvalue weighted by atomic mass is 10.1. The standard InChI is InChI=1S/C21H19ClO2/c1-2-16-8-10-17(11-9-16)15-23-19-12-13-21(20(22)14-19)24-18-6-4-3-5-7-18/h3-14H,2,15H2,1H3. The predicted octanol–water partition coefficient (Wildman–Crippen LogP) is 6.27. The van der Waals surface area contributed by atoms with Crippen LogP contribution in [-0.4, -0.2) is 0 Å². The summed E-state index contributed by atoms with van der Waals surface area (Å²) in [6.45, 7) is 2.66. The minimum Gasteiger partial charge on any atom is -0.489 e. The zero-order valence-electron chi connectivity index (χ0n) is 13.5. The van der Waals surface area contributed by atoms with Crippen LogP contribution in [-0.2, 0) is 13.0 Å². The van der Waals surface area contributed by atoms with E-state index < -0.39 is 0 Å². The summed E-state index contributed by atoms with van der Waals surface area (Å²) in [4.78, 5) is 0. The second-order valence-electron chi connectivity index (χ2n) is 5.47. The topological polar surface area (TPSA) is 18.5 Å². The first kappa shape index (κ1) is 16.4. The molecule has 0 unspecified atom stereocenters. The minimum absolute atomic E-state index is 0.513. The highest BCUT2D eigenvalue weighted by Crippen LogP contribution is 2.32. The Morgan fingerprint density at radius 3 is 2.17 bits per heavy atom. The highest BCUT2D eigenvalue weighted by Gasteiger charge is 2.05. The van der Waals surface area contributed by atoms with Crippen LogP contribution in [0.3, 0.4) is 0 Å². The van der Waals surface area contributed by atoms with Gasteiger partial charge in [-0.05, 0) is 41.8 Å². The Kier molecular flexibility index (Phi) is 5.39. The minimum atomic E-state index is 0.513. The molecular weight excluding hydrogens is 320 g/mol. The molecule has 0 amide bonds. The van der Waals surface area contributed by atoms with Crippen molar-refractivity contribution in [1.82, 2.24) is 0 Å². The first-order chi connectivity index (χ1) is 11.7. The molecule has 0 fully saturated rings. The van der Waals surface area contributed by atoms with Crippen molar-refractivity contribution in [2.45, 2.75) is 20.0 Å². The van der Waals surface area contributed by atoms with E-state index >= 15 is 0 Å². The molecule has 0 aliphatic heterocycles. The molecule has 122 valence electrons. The summed E-state index contributed by atoms with van der Waals surface area (Å²) in [5.41, 5.74) is 2.46. The maximum atomic E-state index is 6.30. The van der Waals surface area contributed by atoms with Gasteiger partial charge in [-0.25, -0.2) is 0 Å². The SMILES string of the molecule is CCc1ccc(COc2ccc(Oc3ccccc3)c(Cl)c2)cc1. The molecule has 0 aromatic heterocycles. The van der Waals surface area contributed by atoms with E-state index in [1.54, 1.807) is 6.07 Å². The number of halogens is 1. The van der Waals surface area contributed by atoms with Gasteiger partial charge >= 0.3 is 0 Å². The van der Waals surface area contributed by atoms with Crippen molar-refractivity contribution < 1.29 is 9.47 Å². The monoisotopic (exact) mass is 338 g/mol. The molecule has 0 radical (unpaired) electrons. The molecule has 0 saturated carbocycles. The molecule has 0 spiro atoms. The molecule has 0 aliphatic rings. The van der Waals surface area contributed by atoms with E-state index in [1.165, 1.54) is 5.56 Å². The van der Waals surface area contributed by atoms with Crippen LogP contribution in [0.2, 0.25) is 5.02 Å². The lowest BCUT2D eigenvalue weighted by Crippen LogP contribution is -1.96. The molecule has 3 heteroatoms. The fourth-order valence-corrected chi connectivity index (χ4v) is 2.52.